The highest BCUT2D eigenvalue weighted by Gasteiger charge is 2.32. The van der Waals surface area contributed by atoms with Gasteiger partial charge in [-0.3, -0.25) is 0 Å². The lowest BCUT2D eigenvalue weighted by Crippen LogP contribution is -2.32. The highest BCUT2D eigenvalue weighted by Crippen LogP contribution is 2.48. The minimum Gasteiger partial charge on any atom is -0.449 e. The quantitative estimate of drug-likeness (QED) is 0.374. The number of fused-ring (bicyclic) bond motifs is 2. The Morgan fingerprint density at radius 3 is 2.83 bits per heavy atom. The van der Waals surface area contributed by atoms with Crippen LogP contribution in [0, 0.1) is 20.4 Å². The van der Waals surface area contributed by atoms with Gasteiger partial charge in [-0.25, -0.2) is 6.57 Å². The molecule has 2 heterocycles. The van der Waals surface area contributed by atoms with E-state index in [-0.39, 0.29) is 0 Å². The van der Waals surface area contributed by atoms with Crippen LogP contribution < -0.4 is 9.30 Å². The van der Waals surface area contributed by atoms with E-state index in [1.165, 1.54) is 27.5 Å². The number of benzene rings is 2. The number of ether oxygens (including phenoxy) is 1. The third-order valence-corrected chi connectivity index (χ3v) is 4.70. The predicted molar refractivity (Wildman–Crippen MR) is 90.4 cm³/mol. The Balaban J connectivity index is 2.20. The molecule has 0 aliphatic carbocycles. The Morgan fingerprint density at radius 2 is 2.04 bits per heavy atom. The fourth-order valence-electron chi connectivity index (χ4n) is 3.43. The molecule has 0 radical (unpaired) electrons. The lowest BCUT2D eigenvalue weighted by atomic mass is 9.90. The first-order chi connectivity index (χ1) is 11.1. The van der Waals surface area contributed by atoms with Gasteiger partial charge in [-0.1, -0.05) is 18.2 Å². The molecule has 1 aromatic heterocycles. The van der Waals surface area contributed by atoms with Crippen LogP contribution in [0.4, 0.5) is 0 Å². The highest BCUT2D eigenvalue weighted by molar-refractivity contribution is 6.04. The van der Waals surface area contributed by atoms with E-state index in [4.69, 9.17) is 11.3 Å². The Bertz CT molecular complexity index is 1010. The maximum atomic E-state index is 7.21. The van der Waals surface area contributed by atoms with E-state index in [1.54, 1.807) is 0 Å². The van der Waals surface area contributed by atoms with Crippen LogP contribution in [0.3, 0.4) is 0 Å². The molecule has 2 aromatic carbocycles. The van der Waals surface area contributed by atoms with Gasteiger partial charge >= 0.3 is 0 Å². The van der Waals surface area contributed by atoms with Gasteiger partial charge in [0.05, 0.1) is 11.1 Å². The number of nitrogens with zero attached hydrogens (tertiary/aromatic N) is 2. The largest absolute Gasteiger partial charge is 0.449 e. The maximum absolute atomic E-state index is 7.21. The molecule has 1 aliphatic heterocycles. The van der Waals surface area contributed by atoms with E-state index in [0.29, 0.717) is 6.54 Å². The van der Waals surface area contributed by atoms with Crippen LogP contribution in [0.1, 0.15) is 16.7 Å². The summed E-state index contributed by atoms with van der Waals surface area (Å²) >= 11 is 0. The van der Waals surface area contributed by atoms with Crippen molar-refractivity contribution in [3.8, 4) is 22.8 Å². The number of hydrogen-bond donors (Lipinski definition) is 0. The van der Waals surface area contributed by atoms with Crippen LogP contribution in [0.5, 0.6) is 11.5 Å². The Labute approximate surface area is 135 Å². The van der Waals surface area contributed by atoms with Gasteiger partial charge in [0.2, 0.25) is 12.3 Å². The van der Waals surface area contributed by atoms with Crippen molar-refractivity contribution >= 4 is 10.8 Å². The third-order valence-electron chi connectivity index (χ3n) is 4.70. The first-order valence-corrected chi connectivity index (χ1v) is 7.67. The first kappa shape index (κ1) is 13.8. The molecule has 4 rings (SSSR count). The SMILES string of the molecule is [C-]#[N+]Cc1cc[n+](C)c2c1Oc1cccc3cc(C)c(C)c-2c13. The molecule has 0 N–H and O–H groups in total. The van der Waals surface area contributed by atoms with Crippen molar-refractivity contribution in [2.75, 3.05) is 0 Å². The first-order valence-electron chi connectivity index (χ1n) is 7.67. The number of rotatable bonds is 1. The minimum absolute atomic E-state index is 0.333. The second-order valence-electron chi connectivity index (χ2n) is 6.10. The zero-order valence-corrected chi connectivity index (χ0v) is 13.5. The van der Waals surface area contributed by atoms with E-state index < -0.39 is 0 Å². The number of aryl methyl sites for hydroxylation is 2. The summed E-state index contributed by atoms with van der Waals surface area (Å²) in [7, 11) is 2.03. The molecular weight excluding hydrogens is 284 g/mol. The lowest BCUT2D eigenvalue weighted by Gasteiger charge is -2.22. The molecule has 0 saturated carbocycles. The molecule has 112 valence electrons. The van der Waals surface area contributed by atoms with Gasteiger partial charge in [-0.15, -0.1) is 0 Å². The van der Waals surface area contributed by atoms with Gasteiger partial charge in [0, 0.05) is 11.5 Å². The van der Waals surface area contributed by atoms with E-state index >= 15 is 0 Å². The van der Waals surface area contributed by atoms with Crippen LogP contribution in [-0.2, 0) is 13.6 Å². The molecule has 3 nitrogen and oxygen atoms in total. The van der Waals surface area contributed by atoms with Gasteiger partial charge in [0.25, 0.3) is 5.69 Å². The average molecular weight is 301 g/mol. The van der Waals surface area contributed by atoms with Crippen LogP contribution in [-0.4, -0.2) is 0 Å². The van der Waals surface area contributed by atoms with Crippen molar-refractivity contribution in [2.45, 2.75) is 20.4 Å². The monoisotopic (exact) mass is 301 g/mol. The van der Waals surface area contributed by atoms with E-state index in [1.807, 2.05) is 31.4 Å². The van der Waals surface area contributed by atoms with Crippen molar-refractivity contribution in [1.82, 2.24) is 0 Å². The topological polar surface area (TPSA) is 17.5 Å². The summed E-state index contributed by atoms with van der Waals surface area (Å²) in [5.74, 6) is 1.70. The van der Waals surface area contributed by atoms with E-state index in [9.17, 15) is 0 Å². The smallest absolute Gasteiger partial charge is 0.256 e. The normalized spacial score (nSPS) is 11.7. The van der Waals surface area contributed by atoms with Crippen LogP contribution >= 0.6 is 0 Å². The van der Waals surface area contributed by atoms with E-state index in [2.05, 4.69) is 35.4 Å². The summed E-state index contributed by atoms with van der Waals surface area (Å²) in [6, 6.07) is 10.4. The summed E-state index contributed by atoms with van der Waals surface area (Å²) in [5, 5.41) is 2.36. The zero-order chi connectivity index (χ0) is 16.1. The van der Waals surface area contributed by atoms with Crippen molar-refractivity contribution in [1.29, 1.82) is 0 Å². The summed E-state index contributed by atoms with van der Waals surface area (Å²) in [5.41, 5.74) is 5.78. The molecule has 0 spiro atoms. The van der Waals surface area contributed by atoms with Crippen molar-refractivity contribution < 1.29 is 9.30 Å². The number of hydrogen-bond acceptors (Lipinski definition) is 1. The Hall–Kier alpha value is -2.86. The minimum atomic E-state index is 0.333. The molecule has 3 aromatic rings. The van der Waals surface area contributed by atoms with Gasteiger partial charge in [0.15, 0.2) is 6.20 Å². The van der Waals surface area contributed by atoms with Crippen LogP contribution in [0.2, 0.25) is 0 Å². The molecular formula is C20H17N2O+. The van der Waals surface area contributed by atoms with Gasteiger partial charge in [-0.05, 0) is 36.4 Å². The standard InChI is InChI=1S/C20H17N2O/c1-12-10-14-6-5-7-16-18(14)17(13(12)2)19-20(23-16)15(11-21-3)8-9-22(19)4/h5-10H,11H2,1-2,4H3/q+1. The highest BCUT2D eigenvalue weighted by atomic mass is 16.5. The van der Waals surface area contributed by atoms with Crippen LogP contribution in [0.15, 0.2) is 36.5 Å². The van der Waals surface area contributed by atoms with Crippen LogP contribution in [0.25, 0.3) is 26.9 Å². The molecule has 0 saturated heterocycles. The molecule has 1 aliphatic rings. The summed E-state index contributed by atoms with van der Waals surface area (Å²) in [6.07, 6.45) is 2.02. The molecule has 0 bridgehead atoms. The van der Waals surface area contributed by atoms with Crippen molar-refractivity contribution in [3.05, 3.63) is 64.6 Å². The third kappa shape index (κ3) is 1.85. The molecule has 0 unspecified atom stereocenters. The predicted octanol–water partition coefficient (Wildman–Crippen LogP) is 4.47. The lowest BCUT2D eigenvalue weighted by molar-refractivity contribution is -0.660. The molecule has 0 atom stereocenters. The number of pyridine rings is 1. The second kappa shape index (κ2) is 4.82. The summed E-state index contributed by atoms with van der Waals surface area (Å²) in [4.78, 5) is 3.55. The molecule has 23 heavy (non-hydrogen) atoms. The zero-order valence-electron chi connectivity index (χ0n) is 13.5. The van der Waals surface area contributed by atoms with Gasteiger partial charge < -0.3 is 9.58 Å². The maximum Gasteiger partial charge on any atom is 0.256 e. The van der Waals surface area contributed by atoms with Gasteiger partial charge in [-0.2, -0.15) is 4.57 Å². The fraction of sp³-hybridized carbons (Fsp3) is 0.200. The fourth-order valence-corrected chi connectivity index (χ4v) is 3.43. The summed E-state index contributed by atoms with van der Waals surface area (Å²) < 4.78 is 8.34. The Kier molecular flexibility index (Phi) is 2.89. The molecule has 0 fully saturated rings. The average Bonchev–Trinajstić information content (AvgIpc) is 2.54. The molecule has 3 heteroatoms. The van der Waals surface area contributed by atoms with Crippen molar-refractivity contribution in [3.63, 3.8) is 0 Å². The van der Waals surface area contributed by atoms with Gasteiger partial charge in [0.1, 0.15) is 12.8 Å². The van der Waals surface area contributed by atoms with Crippen molar-refractivity contribution in [2.24, 2.45) is 7.05 Å². The van der Waals surface area contributed by atoms with E-state index in [0.717, 1.165) is 22.8 Å². The second-order valence-corrected chi connectivity index (χ2v) is 6.10. The Morgan fingerprint density at radius 1 is 1.22 bits per heavy atom. The molecule has 0 amide bonds. The summed E-state index contributed by atoms with van der Waals surface area (Å²) in [6.45, 7) is 11.9. The number of aromatic nitrogens is 1.